The highest BCUT2D eigenvalue weighted by molar-refractivity contribution is 6.34. The molecular weight excluding hydrogens is 339 g/mol. The molecule has 0 aliphatic carbocycles. The number of hydrogen-bond acceptors (Lipinski definition) is 3. The fourth-order valence-corrected chi connectivity index (χ4v) is 2.63. The highest BCUT2D eigenvalue weighted by Crippen LogP contribution is 2.32. The summed E-state index contributed by atoms with van der Waals surface area (Å²) in [5.41, 5.74) is 0.846. The van der Waals surface area contributed by atoms with Crippen LogP contribution in [-0.4, -0.2) is 18.0 Å². The highest BCUT2D eigenvalue weighted by atomic mass is 35.5. The van der Waals surface area contributed by atoms with E-state index in [-0.39, 0.29) is 0 Å². The third-order valence-corrected chi connectivity index (χ3v) is 4.03. The van der Waals surface area contributed by atoms with Gasteiger partial charge in [-0.1, -0.05) is 35.3 Å². The molecule has 3 rings (SSSR count). The lowest BCUT2D eigenvalue weighted by molar-refractivity contribution is -0.146. The average Bonchev–Trinajstić information content (AvgIpc) is 2.54. The van der Waals surface area contributed by atoms with Gasteiger partial charge in [-0.3, -0.25) is 4.90 Å². The largest absolute Gasteiger partial charge is 0.363 e. The predicted molar refractivity (Wildman–Crippen MR) is 88.8 cm³/mol. The van der Waals surface area contributed by atoms with Crippen molar-refractivity contribution in [1.29, 1.82) is 0 Å². The summed E-state index contributed by atoms with van der Waals surface area (Å²) in [5.74, 6) is -0.556. The lowest BCUT2D eigenvalue weighted by atomic mass is 10.2. The zero-order valence-electron chi connectivity index (χ0n) is 12.1. The van der Waals surface area contributed by atoms with E-state index in [0.29, 0.717) is 21.4 Å². The van der Waals surface area contributed by atoms with Crippen LogP contribution >= 0.6 is 23.2 Å². The number of carbonyl (C=O) groups is 2. The molecule has 23 heavy (non-hydrogen) atoms. The zero-order chi connectivity index (χ0) is 16.6. The van der Waals surface area contributed by atoms with Crippen LogP contribution in [0.15, 0.2) is 48.5 Å². The van der Waals surface area contributed by atoms with Crippen LogP contribution in [0, 0.1) is 0 Å². The van der Waals surface area contributed by atoms with Gasteiger partial charge in [-0.15, -0.1) is 5.06 Å². The average molecular weight is 351 g/mol. The molecule has 1 heterocycles. The quantitative estimate of drug-likeness (QED) is 0.811. The van der Waals surface area contributed by atoms with Crippen molar-refractivity contribution in [3.05, 3.63) is 58.6 Å². The first-order valence-electron chi connectivity index (χ1n) is 6.84. The van der Waals surface area contributed by atoms with Crippen molar-refractivity contribution in [3.8, 4) is 0 Å². The molecule has 7 heteroatoms. The van der Waals surface area contributed by atoms with E-state index in [1.165, 1.54) is 4.90 Å². The maximum absolute atomic E-state index is 12.8. The summed E-state index contributed by atoms with van der Waals surface area (Å²) in [6.45, 7) is 1.59. The van der Waals surface area contributed by atoms with Crippen molar-refractivity contribution in [2.45, 2.75) is 13.0 Å². The predicted octanol–water partition coefficient (Wildman–Crippen LogP) is 4.29. The molecule has 0 spiro atoms. The van der Waals surface area contributed by atoms with Gasteiger partial charge in [0.1, 0.15) is 6.04 Å². The van der Waals surface area contributed by atoms with Gasteiger partial charge in [0.05, 0.1) is 16.4 Å². The number of nitrogens with zero attached hydrogens (tertiary/aromatic N) is 2. The Kier molecular flexibility index (Phi) is 4.15. The van der Waals surface area contributed by atoms with Gasteiger partial charge in [-0.2, -0.15) is 0 Å². The molecule has 0 bridgehead atoms. The van der Waals surface area contributed by atoms with E-state index >= 15 is 0 Å². The van der Waals surface area contributed by atoms with Crippen molar-refractivity contribution in [1.82, 2.24) is 0 Å². The summed E-state index contributed by atoms with van der Waals surface area (Å²) in [7, 11) is 0. The first kappa shape index (κ1) is 15.6. The number of rotatable bonds is 2. The Hall–Kier alpha value is -2.24. The first-order chi connectivity index (χ1) is 11.0. The molecule has 2 aromatic rings. The Balaban J connectivity index is 2.02. The fraction of sp³-hybridized carbons (Fsp3) is 0.125. The van der Waals surface area contributed by atoms with Crippen LogP contribution in [0.3, 0.4) is 0 Å². The summed E-state index contributed by atoms with van der Waals surface area (Å²) in [6.07, 6.45) is 0. The third-order valence-electron chi connectivity index (χ3n) is 3.46. The molecule has 1 aliphatic rings. The van der Waals surface area contributed by atoms with Crippen molar-refractivity contribution >= 4 is 46.6 Å². The maximum Gasteiger partial charge on any atom is 0.363 e. The number of hydroxylamine groups is 1. The van der Waals surface area contributed by atoms with Crippen LogP contribution in [0.2, 0.25) is 10.0 Å². The summed E-state index contributed by atoms with van der Waals surface area (Å²) in [6, 6.07) is 11.9. The van der Waals surface area contributed by atoms with Crippen LogP contribution in [0.5, 0.6) is 0 Å². The molecule has 2 amide bonds. The number of carbonyl (C=O) groups excluding carboxylic acids is 2. The van der Waals surface area contributed by atoms with Gasteiger partial charge in [0.2, 0.25) is 0 Å². The van der Waals surface area contributed by atoms with E-state index in [1.807, 2.05) is 0 Å². The van der Waals surface area contributed by atoms with Gasteiger partial charge in [-0.25, -0.2) is 9.59 Å². The lowest BCUT2D eigenvalue weighted by Crippen LogP contribution is -2.58. The summed E-state index contributed by atoms with van der Waals surface area (Å²) in [4.78, 5) is 31.4. The molecule has 1 unspecified atom stereocenters. The van der Waals surface area contributed by atoms with E-state index in [4.69, 9.17) is 28.0 Å². The van der Waals surface area contributed by atoms with E-state index in [1.54, 1.807) is 55.5 Å². The molecule has 1 aliphatic heterocycles. The fourth-order valence-electron chi connectivity index (χ4n) is 2.27. The molecule has 0 N–H and O–H groups in total. The summed E-state index contributed by atoms with van der Waals surface area (Å²) < 4.78 is 0. The molecule has 1 fully saturated rings. The molecule has 5 nitrogen and oxygen atoms in total. The van der Waals surface area contributed by atoms with Crippen molar-refractivity contribution in [2.75, 3.05) is 9.96 Å². The normalized spacial score (nSPS) is 18.1. The highest BCUT2D eigenvalue weighted by Gasteiger charge is 2.41. The second-order valence-corrected chi connectivity index (χ2v) is 5.80. The number of anilines is 2. The molecule has 1 atom stereocenters. The van der Waals surface area contributed by atoms with Gasteiger partial charge in [0.25, 0.3) is 0 Å². The number of hydrogen-bond donors (Lipinski definition) is 0. The monoisotopic (exact) mass is 350 g/mol. The van der Waals surface area contributed by atoms with Gasteiger partial charge in [-0.05, 0) is 43.3 Å². The van der Waals surface area contributed by atoms with Crippen molar-refractivity contribution in [2.24, 2.45) is 0 Å². The molecule has 0 radical (unpaired) electrons. The Morgan fingerprint density at radius 1 is 1.00 bits per heavy atom. The van der Waals surface area contributed by atoms with Gasteiger partial charge in [0.15, 0.2) is 0 Å². The molecule has 118 valence electrons. The number of urea groups is 1. The van der Waals surface area contributed by atoms with Crippen LogP contribution in [0.25, 0.3) is 0 Å². The minimum absolute atomic E-state index is 0.374. The van der Waals surface area contributed by atoms with Crippen LogP contribution < -0.4 is 9.96 Å². The number of halogens is 2. The topological polar surface area (TPSA) is 49.9 Å². The smallest absolute Gasteiger partial charge is 0.329 e. The standard InChI is InChI=1S/C16H12Cl2N2O3/c1-10-15(21)23-20(12-8-6-11(17)7-9-12)16(22)19(10)14-5-3-2-4-13(14)18/h2-10H,1H3. The second-order valence-electron chi connectivity index (χ2n) is 4.96. The molecule has 2 aromatic carbocycles. The Morgan fingerprint density at radius 3 is 2.30 bits per heavy atom. The number of para-hydroxylation sites is 1. The lowest BCUT2D eigenvalue weighted by Gasteiger charge is -2.37. The number of amides is 2. The van der Waals surface area contributed by atoms with Crippen LogP contribution in [0.4, 0.5) is 16.2 Å². The van der Waals surface area contributed by atoms with E-state index in [2.05, 4.69) is 0 Å². The van der Waals surface area contributed by atoms with Crippen LogP contribution in [0.1, 0.15) is 6.92 Å². The van der Waals surface area contributed by atoms with Gasteiger partial charge in [0, 0.05) is 5.02 Å². The first-order valence-corrected chi connectivity index (χ1v) is 7.60. The Bertz CT molecular complexity index is 764. The zero-order valence-corrected chi connectivity index (χ0v) is 13.6. The minimum Gasteiger partial charge on any atom is -0.329 e. The van der Waals surface area contributed by atoms with Gasteiger partial charge >= 0.3 is 12.0 Å². The summed E-state index contributed by atoms with van der Waals surface area (Å²) >= 11 is 12.0. The maximum atomic E-state index is 12.8. The second kappa shape index (κ2) is 6.10. The van der Waals surface area contributed by atoms with E-state index < -0.39 is 18.0 Å². The third kappa shape index (κ3) is 2.85. The Labute approximate surface area is 142 Å². The van der Waals surface area contributed by atoms with Crippen molar-refractivity contribution < 1.29 is 14.4 Å². The molecule has 0 saturated carbocycles. The van der Waals surface area contributed by atoms with E-state index in [9.17, 15) is 9.59 Å². The SMILES string of the molecule is CC1C(=O)ON(c2ccc(Cl)cc2)C(=O)N1c1ccccc1Cl. The Morgan fingerprint density at radius 2 is 1.65 bits per heavy atom. The number of benzene rings is 2. The summed E-state index contributed by atoms with van der Waals surface area (Å²) in [5, 5.41) is 1.82. The molecule has 0 aromatic heterocycles. The minimum atomic E-state index is -0.786. The van der Waals surface area contributed by atoms with Crippen molar-refractivity contribution in [3.63, 3.8) is 0 Å². The van der Waals surface area contributed by atoms with Crippen LogP contribution in [-0.2, 0) is 9.63 Å². The van der Waals surface area contributed by atoms with Gasteiger partial charge < -0.3 is 4.84 Å². The molecular formula is C16H12Cl2N2O3. The molecule has 1 saturated heterocycles. The van der Waals surface area contributed by atoms with E-state index in [0.717, 1.165) is 5.06 Å².